The van der Waals surface area contributed by atoms with E-state index in [0.717, 1.165) is 12.0 Å². The molecule has 0 N–H and O–H groups in total. The summed E-state index contributed by atoms with van der Waals surface area (Å²) in [5, 5.41) is 0. The third-order valence-electron chi connectivity index (χ3n) is 4.36. The van der Waals surface area contributed by atoms with Crippen molar-refractivity contribution < 1.29 is 9.53 Å². The number of hydrogen-bond donors (Lipinski definition) is 0. The molecular formula is C17H27NO2. The number of aromatic nitrogens is 1. The molecule has 0 saturated heterocycles. The van der Waals surface area contributed by atoms with Crippen LogP contribution in [0.15, 0.2) is 6.07 Å². The number of nitrogens with zero attached hydrogens (tertiary/aromatic N) is 1. The van der Waals surface area contributed by atoms with Gasteiger partial charge in [0.2, 0.25) is 0 Å². The second-order valence-corrected chi connectivity index (χ2v) is 7.22. The topological polar surface area (TPSA) is 31.2 Å². The Balaban J connectivity index is 2.52. The van der Waals surface area contributed by atoms with Gasteiger partial charge in [-0.15, -0.1) is 0 Å². The maximum atomic E-state index is 12.4. The number of ketones is 1. The lowest BCUT2D eigenvalue weighted by Crippen LogP contribution is -2.31. The van der Waals surface area contributed by atoms with Gasteiger partial charge in [0.25, 0.3) is 0 Å². The van der Waals surface area contributed by atoms with E-state index in [1.807, 2.05) is 0 Å². The van der Waals surface area contributed by atoms with Crippen molar-refractivity contribution in [1.29, 1.82) is 0 Å². The molecule has 1 aromatic heterocycles. The molecule has 0 radical (unpaired) electrons. The van der Waals surface area contributed by atoms with Crippen LogP contribution in [0.2, 0.25) is 0 Å². The van der Waals surface area contributed by atoms with Gasteiger partial charge in [-0.2, -0.15) is 0 Å². The van der Waals surface area contributed by atoms with Gasteiger partial charge in [0, 0.05) is 30.5 Å². The van der Waals surface area contributed by atoms with Gasteiger partial charge in [-0.05, 0) is 30.7 Å². The molecular weight excluding hydrogens is 250 g/mol. The number of carbonyl (C=O) groups excluding carboxylic acids is 1. The molecule has 2 rings (SSSR count). The van der Waals surface area contributed by atoms with Gasteiger partial charge in [-0.3, -0.25) is 4.79 Å². The van der Waals surface area contributed by atoms with E-state index in [1.54, 1.807) is 7.11 Å². The van der Waals surface area contributed by atoms with Crippen LogP contribution in [-0.4, -0.2) is 24.1 Å². The molecule has 1 aliphatic rings. The predicted molar refractivity (Wildman–Crippen MR) is 81.4 cm³/mol. The van der Waals surface area contributed by atoms with Crippen molar-refractivity contribution >= 4 is 5.78 Å². The molecule has 3 heteroatoms. The molecule has 0 spiro atoms. The van der Waals surface area contributed by atoms with Gasteiger partial charge in [0.05, 0.1) is 12.6 Å². The largest absolute Gasteiger partial charge is 0.383 e. The molecule has 3 nitrogen and oxygen atoms in total. The van der Waals surface area contributed by atoms with E-state index in [4.69, 9.17) is 4.74 Å². The smallest absolute Gasteiger partial charge is 0.165 e. The van der Waals surface area contributed by atoms with Gasteiger partial charge < -0.3 is 9.30 Å². The van der Waals surface area contributed by atoms with E-state index in [2.05, 4.69) is 45.3 Å². The summed E-state index contributed by atoms with van der Waals surface area (Å²) in [6, 6.07) is 2.36. The fourth-order valence-corrected chi connectivity index (χ4v) is 3.37. The highest BCUT2D eigenvalue weighted by Crippen LogP contribution is 2.38. The van der Waals surface area contributed by atoms with Crippen LogP contribution < -0.4 is 0 Å². The summed E-state index contributed by atoms with van der Waals surface area (Å²) in [7, 11) is 1.75. The van der Waals surface area contributed by atoms with Crippen LogP contribution in [0.3, 0.4) is 0 Å². The fourth-order valence-electron chi connectivity index (χ4n) is 3.37. The summed E-state index contributed by atoms with van der Waals surface area (Å²) < 4.78 is 7.76. The molecule has 1 aromatic rings. The maximum Gasteiger partial charge on any atom is 0.165 e. The fraction of sp³-hybridized carbons (Fsp3) is 0.706. The van der Waals surface area contributed by atoms with Gasteiger partial charge in [-0.1, -0.05) is 27.7 Å². The zero-order chi connectivity index (χ0) is 15.1. The first kappa shape index (κ1) is 15.3. The Morgan fingerprint density at radius 2 is 2.00 bits per heavy atom. The van der Waals surface area contributed by atoms with E-state index < -0.39 is 0 Å². The number of fused-ring (bicyclic) bond motifs is 1. The lowest BCUT2D eigenvalue weighted by atomic mass is 9.76. The molecule has 0 fully saturated rings. The van der Waals surface area contributed by atoms with Crippen molar-refractivity contribution in [2.24, 2.45) is 11.3 Å². The SMILES string of the molecule is COCC(C(C)C)n1c(C)cc2c1CC(C)(C)CC2=O. The standard InChI is InChI=1S/C17H27NO2/c1-11(2)15(10-20-6)18-12(3)7-13-14(18)8-17(4,5)9-16(13)19/h7,11,15H,8-10H2,1-6H3. The molecule has 1 atom stereocenters. The molecule has 0 aliphatic heterocycles. The first-order valence-corrected chi connectivity index (χ1v) is 7.49. The number of hydrogen-bond acceptors (Lipinski definition) is 2. The van der Waals surface area contributed by atoms with Crippen molar-refractivity contribution in [1.82, 2.24) is 4.57 Å². The Labute approximate surface area is 122 Å². The minimum atomic E-state index is 0.0568. The molecule has 0 amide bonds. The summed E-state index contributed by atoms with van der Waals surface area (Å²) in [5.74, 6) is 0.767. The van der Waals surface area contributed by atoms with E-state index in [0.29, 0.717) is 25.0 Å². The number of aryl methyl sites for hydroxylation is 1. The highest BCUT2D eigenvalue weighted by atomic mass is 16.5. The van der Waals surface area contributed by atoms with Gasteiger partial charge in [-0.25, -0.2) is 0 Å². The van der Waals surface area contributed by atoms with Crippen LogP contribution in [0.1, 0.15) is 61.9 Å². The second kappa shape index (κ2) is 5.36. The van der Waals surface area contributed by atoms with E-state index in [-0.39, 0.29) is 11.2 Å². The molecule has 1 unspecified atom stereocenters. The van der Waals surface area contributed by atoms with E-state index in [9.17, 15) is 4.79 Å². The van der Waals surface area contributed by atoms with Crippen LogP contribution in [0.5, 0.6) is 0 Å². The highest BCUT2D eigenvalue weighted by molar-refractivity contribution is 5.99. The summed E-state index contributed by atoms with van der Waals surface area (Å²) in [4.78, 5) is 12.4. The summed E-state index contributed by atoms with van der Waals surface area (Å²) >= 11 is 0. The summed E-state index contributed by atoms with van der Waals surface area (Å²) in [6.45, 7) is 11.6. The monoisotopic (exact) mass is 277 g/mol. The lowest BCUT2D eigenvalue weighted by Gasteiger charge is -2.33. The molecule has 0 aromatic carbocycles. The van der Waals surface area contributed by atoms with Crippen LogP contribution in [0, 0.1) is 18.3 Å². The minimum Gasteiger partial charge on any atom is -0.383 e. The Morgan fingerprint density at radius 3 is 2.55 bits per heavy atom. The first-order valence-electron chi connectivity index (χ1n) is 7.49. The number of ether oxygens (including phenoxy) is 1. The number of carbonyl (C=O) groups is 1. The molecule has 1 aliphatic carbocycles. The normalized spacial score (nSPS) is 19.2. The predicted octanol–water partition coefficient (Wildman–Crippen LogP) is 3.80. The minimum absolute atomic E-state index is 0.0568. The van der Waals surface area contributed by atoms with Crippen molar-refractivity contribution in [3.63, 3.8) is 0 Å². The summed E-state index contributed by atoms with van der Waals surface area (Å²) in [6.07, 6.45) is 1.62. The molecule has 1 heterocycles. The summed E-state index contributed by atoms with van der Waals surface area (Å²) in [5.41, 5.74) is 3.38. The van der Waals surface area contributed by atoms with Gasteiger partial charge in [0.15, 0.2) is 5.78 Å². The zero-order valence-electron chi connectivity index (χ0n) is 13.6. The Bertz CT molecular complexity index is 511. The third-order valence-corrected chi connectivity index (χ3v) is 4.36. The van der Waals surface area contributed by atoms with Crippen LogP contribution in [-0.2, 0) is 11.2 Å². The Hall–Kier alpha value is -1.09. The molecule has 0 saturated carbocycles. The molecule has 20 heavy (non-hydrogen) atoms. The van der Waals surface area contributed by atoms with Gasteiger partial charge in [0.1, 0.15) is 0 Å². The quantitative estimate of drug-likeness (QED) is 0.838. The molecule has 112 valence electrons. The Morgan fingerprint density at radius 1 is 1.35 bits per heavy atom. The average molecular weight is 277 g/mol. The number of methoxy groups -OCH3 is 1. The molecule has 0 bridgehead atoms. The average Bonchev–Trinajstić information content (AvgIpc) is 2.61. The highest BCUT2D eigenvalue weighted by Gasteiger charge is 2.35. The first-order chi connectivity index (χ1) is 9.26. The van der Waals surface area contributed by atoms with E-state index >= 15 is 0 Å². The van der Waals surface area contributed by atoms with Gasteiger partial charge >= 0.3 is 0 Å². The zero-order valence-corrected chi connectivity index (χ0v) is 13.6. The van der Waals surface area contributed by atoms with Crippen LogP contribution in [0.4, 0.5) is 0 Å². The van der Waals surface area contributed by atoms with Crippen molar-refractivity contribution in [3.05, 3.63) is 23.0 Å². The second-order valence-electron chi connectivity index (χ2n) is 7.22. The van der Waals surface area contributed by atoms with Crippen LogP contribution in [0.25, 0.3) is 0 Å². The number of rotatable bonds is 4. The van der Waals surface area contributed by atoms with Crippen molar-refractivity contribution in [2.45, 2.75) is 53.5 Å². The lowest BCUT2D eigenvalue weighted by molar-refractivity contribution is 0.0902. The van der Waals surface area contributed by atoms with Crippen LogP contribution >= 0.6 is 0 Å². The Kier molecular flexibility index (Phi) is 4.10. The van der Waals surface area contributed by atoms with Crippen molar-refractivity contribution in [2.75, 3.05) is 13.7 Å². The van der Waals surface area contributed by atoms with Crippen molar-refractivity contribution in [3.8, 4) is 0 Å². The maximum absolute atomic E-state index is 12.4. The van der Waals surface area contributed by atoms with E-state index in [1.165, 1.54) is 11.4 Å². The third kappa shape index (κ3) is 2.69. The number of Topliss-reactive ketones (excluding diaryl/α,β-unsaturated/α-hetero) is 1.